The van der Waals surface area contributed by atoms with Crippen molar-refractivity contribution in [3.05, 3.63) is 69.7 Å². The first kappa shape index (κ1) is 20.6. The van der Waals surface area contributed by atoms with E-state index in [0.29, 0.717) is 6.42 Å². The van der Waals surface area contributed by atoms with Crippen molar-refractivity contribution in [2.45, 2.75) is 19.4 Å². The van der Waals surface area contributed by atoms with Gasteiger partial charge in [-0.1, -0.05) is 57.9 Å². The van der Waals surface area contributed by atoms with Gasteiger partial charge in [0.2, 0.25) is 0 Å². The normalized spacial score (nSPS) is 16.0. The maximum absolute atomic E-state index is 12.8. The van der Waals surface area contributed by atoms with E-state index in [4.69, 9.17) is 0 Å². The molecule has 1 aliphatic rings. The van der Waals surface area contributed by atoms with Crippen LogP contribution in [0.3, 0.4) is 0 Å². The molecule has 0 saturated heterocycles. The van der Waals surface area contributed by atoms with Gasteiger partial charge in [0, 0.05) is 10.9 Å². The number of carbonyl (C=O) groups excluding carboxylic acids is 2. The van der Waals surface area contributed by atoms with Gasteiger partial charge >= 0.3 is 5.97 Å². The first-order valence-electron chi connectivity index (χ1n) is 8.84. The lowest BCUT2D eigenvalue weighted by molar-refractivity contribution is -0.137. The van der Waals surface area contributed by atoms with Crippen LogP contribution in [0.2, 0.25) is 0 Å². The Labute approximate surface area is 177 Å². The lowest BCUT2D eigenvalue weighted by Gasteiger charge is -2.22. The average molecular weight is 461 g/mol. The number of aryl methyl sites for hydroxylation is 1. The third kappa shape index (κ3) is 5.02. The number of amides is 1. The van der Waals surface area contributed by atoms with E-state index in [0.717, 1.165) is 21.3 Å². The third-order valence-electron chi connectivity index (χ3n) is 4.48. The minimum atomic E-state index is -0.339. The lowest BCUT2D eigenvalue weighted by atomic mass is 9.98. The molecule has 1 aliphatic heterocycles. The van der Waals surface area contributed by atoms with Crippen LogP contribution in [0.15, 0.2) is 58.1 Å². The summed E-state index contributed by atoms with van der Waals surface area (Å²) in [6.07, 6.45) is 0.651. The number of ether oxygens (including phenoxy) is 1. The van der Waals surface area contributed by atoms with Crippen LogP contribution in [0.25, 0.3) is 0 Å². The van der Waals surface area contributed by atoms with Gasteiger partial charge in [-0.25, -0.2) is 5.01 Å². The number of benzene rings is 2. The number of nitrogens with zero attached hydrogens (tertiary/aromatic N) is 2. The van der Waals surface area contributed by atoms with Crippen molar-refractivity contribution < 1.29 is 14.3 Å². The van der Waals surface area contributed by atoms with Crippen molar-refractivity contribution in [1.82, 2.24) is 5.01 Å². The minimum Gasteiger partial charge on any atom is -0.468 e. The van der Waals surface area contributed by atoms with Gasteiger partial charge in [0.15, 0.2) is 0 Å². The van der Waals surface area contributed by atoms with Gasteiger partial charge in [0.25, 0.3) is 5.91 Å². The molecule has 1 atom stereocenters. The number of hydrazone groups is 1. The molecule has 28 heavy (non-hydrogen) atoms. The zero-order valence-corrected chi connectivity index (χ0v) is 18.1. The Bertz CT molecular complexity index is 882. The van der Waals surface area contributed by atoms with Crippen LogP contribution in [-0.4, -0.2) is 41.2 Å². The molecule has 1 amide bonds. The quantitative estimate of drug-likeness (QED) is 0.601. The molecule has 7 heteroatoms. The summed E-state index contributed by atoms with van der Waals surface area (Å²) in [5.41, 5.74) is 4.09. The van der Waals surface area contributed by atoms with E-state index in [1.807, 2.05) is 55.5 Å². The zero-order chi connectivity index (χ0) is 20.1. The molecule has 0 aromatic heterocycles. The molecule has 0 unspecified atom stereocenters. The van der Waals surface area contributed by atoms with Crippen molar-refractivity contribution in [2.75, 3.05) is 18.6 Å². The van der Waals surface area contributed by atoms with Gasteiger partial charge < -0.3 is 4.74 Å². The summed E-state index contributed by atoms with van der Waals surface area (Å²) in [5.74, 6) is -0.136. The maximum atomic E-state index is 12.8. The largest absolute Gasteiger partial charge is 0.468 e. The number of hydrogen-bond acceptors (Lipinski definition) is 5. The number of esters is 1. The van der Waals surface area contributed by atoms with E-state index in [2.05, 4.69) is 25.8 Å². The van der Waals surface area contributed by atoms with Gasteiger partial charge in [-0.05, 0) is 30.2 Å². The molecule has 0 N–H and O–H groups in total. The van der Waals surface area contributed by atoms with Gasteiger partial charge in [0.05, 0.1) is 30.4 Å². The number of halogens is 1. The molecule has 2 aromatic carbocycles. The number of rotatable bonds is 6. The Hall–Kier alpha value is -2.12. The summed E-state index contributed by atoms with van der Waals surface area (Å²) in [6, 6.07) is 16.0. The highest BCUT2D eigenvalue weighted by atomic mass is 79.9. The second-order valence-corrected chi connectivity index (χ2v) is 8.39. The van der Waals surface area contributed by atoms with E-state index >= 15 is 0 Å². The van der Waals surface area contributed by atoms with Crippen molar-refractivity contribution >= 4 is 45.3 Å². The molecular weight excluding hydrogens is 440 g/mol. The first-order valence-corrected chi connectivity index (χ1v) is 10.8. The van der Waals surface area contributed by atoms with Crippen molar-refractivity contribution in [3.8, 4) is 0 Å². The topological polar surface area (TPSA) is 59.0 Å². The molecule has 0 radical (unpaired) electrons. The predicted octanol–water partition coefficient (Wildman–Crippen LogP) is 4.34. The minimum absolute atomic E-state index is 0.119. The number of methoxy groups -OCH3 is 1. The van der Waals surface area contributed by atoms with Crippen LogP contribution in [0.1, 0.15) is 29.2 Å². The standard InChI is InChI=1S/C21H21BrN2O3S/c1-14-3-5-16(6-4-14)19-11-18(15-7-9-17(22)10-8-15)23-24(19)20(25)12-28-13-21(26)27-2/h3-10,19H,11-13H2,1-2H3/t19-/m1/s1. The van der Waals surface area contributed by atoms with E-state index < -0.39 is 0 Å². The summed E-state index contributed by atoms with van der Waals surface area (Å²) in [5, 5.41) is 6.20. The Morgan fingerprint density at radius 1 is 1.14 bits per heavy atom. The maximum Gasteiger partial charge on any atom is 0.315 e. The number of hydrogen-bond donors (Lipinski definition) is 0. The molecular formula is C21H21BrN2O3S. The predicted molar refractivity (Wildman–Crippen MR) is 115 cm³/mol. The highest BCUT2D eigenvalue weighted by molar-refractivity contribution is 9.10. The SMILES string of the molecule is COC(=O)CSCC(=O)N1N=C(c2ccc(Br)cc2)C[C@@H]1c1ccc(C)cc1. The first-order chi connectivity index (χ1) is 13.5. The Morgan fingerprint density at radius 3 is 2.46 bits per heavy atom. The van der Waals surface area contributed by atoms with E-state index in [-0.39, 0.29) is 29.4 Å². The summed E-state index contributed by atoms with van der Waals surface area (Å²) in [6.45, 7) is 2.04. The second-order valence-electron chi connectivity index (χ2n) is 6.49. The van der Waals surface area contributed by atoms with Crippen LogP contribution in [0, 0.1) is 6.92 Å². The Morgan fingerprint density at radius 2 is 1.82 bits per heavy atom. The fourth-order valence-corrected chi connectivity index (χ4v) is 3.91. The molecule has 0 aliphatic carbocycles. The van der Waals surface area contributed by atoms with Gasteiger partial charge in [-0.2, -0.15) is 5.10 Å². The van der Waals surface area contributed by atoms with Crippen molar-refractivity contribution in [1.29, 1.82) is 0 Å². The Balaban J connectivity index is 1.81. The third-order valence-corrected chi connectivity index (χ3v) is 5.90. The van der Waals surface area contributed by atoms with Crippen LogP contribution in [0.4, 0.5) is 0 Å². The monoisotopic (exact) mass is 460 g/mol. The summed E-state index contributed by atoms with van der Waals surface area (Å²) in [7, 11) is 1.34. The van der Waals surface area contributed by atoms with Crippen LogP contribution < -0.4 is 0 Å². The summed E-state index contributed by atoms with van der Waals surface area (Å²) < 4.78 is 5.62. The molecule has 0 bridgehead atoms. The summed E-state index contributed by atoms with van der Waals surface area (Å²) >= 11 is 4.68. The molecule has 3 rings (SSSR count). The van der Waals surface area contributed by atoms with Crippen molar-refractivity contribution in [3.63, 3.8) is 0 Å². The molecule has 146 valence electrons. The van der Waals surface area contributed by atoms with Crippen LogP contribution in [-0.2, 0) is 14.3 Å². The van der Waals surface area contributed by atoms with E-state index in [1.165, 1.54) is 24.4 Å². The smallest absolute Gasteiger partial charge is 0.315 e. The highest BCUT2D eigenvalue weighted by Crippen LogP contribution is 2.33. The van der Waals surface area contributed by atoms with Crippen LogP contribution in [0.5, 0.6) is 0 Å². The molecule has 0 saturated carbocycles. The molecule has 2 aromatic rings. The van der Waals surface area contributed by atoms with E-state index in [1.54, 1.807) is 5.01 Å². The van der Waals surface area contributed by atoms with Gasteiger partial charge in [-0.3, -0.25) is 9.59 Å². The number of thioether (sulfide) groups is 1. The summed E-state index contributed by atoms with van der Waals surface area (Å²) in [4.78, 5) is 24.1. The lowest BCUT2D eigenvalue weighted by Crippen LogP contribution is -2.29. The zero-order valence-electron chi connectivity index (χ0n) is 15.7. The van der Waals surface area contributed by atoms with Gasteiger partial charge in [0.1, 0.15) is 0 Å². The van der Waals surface area contributed by atoms with Crippen LogP contribution >= 0.6 is 27.7 Å². The molecule has 5 nitrogen and oxygen atoms in total. The highest BCUT2D eigenvalue weighted by Gasteiger charge is 2.32. The average Bonchev–Trinajstić information content (AvgIpc) is 3.14. The second kappa shape index (κ2) is 9.39. The number of carbonyl (C=O) groups is 2. The Kier molecular flexibility index (Phi) is 6.91. The fraction of sp³-hybridized carbons (Fsp3) is 0.286. The fourth-order valence-electron chi connectivity index (χ4n) is 2.95. The molecule has 1 heterocycles. The molecule has 0 spiro atoms. The van der Waals surface area contributed by atoms with E-state index in [9.17, 15) is 9.59 Å². The molecule has 0 fully saturated rings. The van der Waals surface area contributed by atoms with Crippen molar-refractivity contribution in [2.24, 2.45) is 5.10 Å². The van der Waals surface area contributed by atoms with Gasteiger partial charge in [-0.15, -0.1) is 11.8 Å².